The van der Waals surface area contributed by atoms with E-state index in [1.54, 1.807) is 0 Å². The summed E-state index contributed by atoms with van der Waals surface area (Å²) in [5.41, 5.74) is 1.20. The maximum atomic E-state index is 4.26. The predicted octanol–water partition coefficient (Wildman–Crippen LogP) is 2.61. The van der Waals surface area contributed by atoms with Crippen LogP contribution in [0.3, 0.4) is 0 Å². The first-order valence-corrected chi connectivity index (χ1v) is 6.80. The van der Waals surface area contributed by atoms with Crippen LogP contribution in [0.4, 0.5) is 0 Å². The quantitative estimate of drug-likeness (QED) is 0.749. The fourth-order valence-electron chi connectivity index (χ4n) is 3.20. The van der Waals surface area contributed by atoms with Crippen LogP contribution in [-0.4, -0.2) is 9.55 Å². The van der Waals surface area contributed by atoms with Gasteiger partial charge in [0.25, 0.3) is 0 Å². The van der Waals surface area contributed by atoms with Gasteiger partial charge in [-0.3, -0.25) is 4.98 Å². The van der Waals surface area contributed by atoms with E-state index in [9.17, 15) is 0 Å². The maximum absolute atomic E-state index is 4.26. The molecular weight excluding hydrogens is 220 g/mol. The van der Waals surface area contributed by atoms with Crippen molar-refractivity contribution in [1.29, 1.82) is 0 Å². The molecule has 0 spiro atoms. The molecule has 18 heavy (non-hydrogen) atoms. The van der Waals surface area contributed by atoms with Gasteiger partial charge in [0.2, 0.25) is 0 Å². The molecule has 2 heteroatoms. The number of hydrogen-bond donors (Lipinski definition) is 0. The molecule has 0 N–H and O–H groups in total. The van der Waals surface area contributed by atoms with E-state index in [2.05, 4.69) is 29.6 Å². The van der Waals surface area contributed by atoms with Gasteiger partial charge in [-0.25, -0.2) is 0 Å². The number of rotatable bonds is 1. The van der Waals surface area contributed by atoms with Gasteiger partial charge in [-0.1, -0.05) is 20.1 Å². The van der Waals surface area contributed by atoms with Crippen molar-refractivity contribution in [3.63, 3.8) is 0 Å². The molecule has 0 radical (unpaired) electrons. The predicted molar refractivity (Wildman–Crippen MR) is 76.7 cm³/mol. The van der Waals surface area contributed by atoms with Crippen LogP contribution in [0.5, 0.6) is 0 Å². The Balaban J connectivity index is 2.15. The van der Waals surface area contributed by atoms with Crippen molar-refractivity contribution in [2.75, 3.05) is 0 Å². The van der Waals surface area contributed by atoms with Crippen LogP contribution in [0.25, 0.3) is 24.1 Å². The fraction of sp³-hybridized carbons (Fsp3) is 0.438. The average molecular weight is 240 g/mol. The van der Waals surface area contributed by atoms with Gasteiger partial charge in [-0.05, 0) is 42.9 Å². The Morgan fingerprint density at radius 1 is 1.22 bits per heavy atom. The van der Waals surface area contributed by atoms with Crippen molar-refractivity contribution < 1.29 is 0 Å². The largest absolute Gasteiger partial charge is 0.337 e. The molecule has 0 amide bonds. The topological polar surface area (TPSA) is 17.8 Å². The average Bonchev–Trinajstić information content (AvgIpc) is 2.64. The SMILES string of the molecule is C=c1c(=C)n(C2CCC(C)CC2)c2cnccc12. The summed E-state index contributed by atoms with van der Waals surface area (Å²) in [4.78, 5) is 4.26. The van der Waals surface area contributed by atoms with E-state index in [1.165, 1.54) is 36.6 Å². The Morgan fingerprint density at radius 2 is 1.94 bits per heavy atom. The zero-order valence-corrected chi connectivity index (χ0v) is 11.0. The van der Waals surface area contributed by atoms with Gasteiger partial charge in [-0.15, -0.1) is 0 Å². The van der Waals surface area contributed by atoms with Crippen LogP contribution in [0.2, 0.25) is 0 Å². The molecule has 2 nitrogen and oxygen atoms in total. The summed E-state index contributed by atoms with van der Waals surface area (Å²) < 4.78 is 2.37. The molecule has 0 saturated heterocycles. The number of nitrogens with zero attached hydrogens (tertiary/aromatic N) is 2. The Morgan fingerprint density at radius 3 is 2.67 bits per heavy atom. The van der Waals surface area contributed by atoms with Crippen molar-refractivity contribution >= 4 is 24.1 Å². The van der Waals surface area contributed by atoms with E-state index in [-0.39, 0.29) is 0 Å². The third-order valence-corrected chi connectivity index (χ3v) is 4.37. The van der Waals surface area contributed by atoms with E-state index in [4.69, 9.17) is 0 Å². The summed E-state index contributed by atoms with van der Waals surface area (Å²) in [5.74, 6) is 0.869. The van der Waals surface area contributed by atoms with Crippen molar-refractivity contribution in [3.05, 3.63) is 29.0 Å². The lowest BCUT2D eigenvalue weighted by atomic mass is 9.87. The Kier molecular flexibility index (Phi) is 2.73. The molecule has 0 aliphatic heterocycles. The Bertz CT molecular complexity index is 660. The van der Waals surface area contributed by atoms with Gasteiger partial charge in [0.1, 0.15) is 0 Å². The number of fused-ring (bicyclic) bond motifs is 1. The van der Waals surface area contributed by atoms with E-state index in [0.717, 1.165) is 16.5 Å². The van der Waals surface area contributed by atoms with Gasteiger partial charge in [-0.2, -0.15) is 0 Å². The first-order chi connectivity index (χ1) is 8.68. The van der Waals surface area contributed by atoms with Gasteiger partial charge >= 0.3 is 0 Å². The van der Waals surface area contributed by atoms with E-state index in [1.807, 2.05) is 18.5 Å². The zero-order valence-electron chi connectivity index (χ0n) is 11.0. The molecule has 0 unspecified atom stereocenters. The van der Waals surface area contributed by atoms with Crippen LogP contribution < -0.4 is 10.6 Å². The lowest BCUT2D eigenvalue weighted by Gasteiger charge is -2.28. The Hall–Kier alpha value is -1.57. The number of aromatic nitrogens is 2. The summed E-state index contributed by atoms with van der Waals surface area (Å²) >= 11 is 0. The second-order valence-corrected chi connectivity index (χ2v) is 5.60. The molecule has 2 heterocycles. The lowest BCUT2D eigenvalue weighted by Crippen LogP contribution is -2.31. The minimum atomic E-state index is 0.580. The molecule has 2 aromatic heterocycles. The van der Waals surface area contributed by atoms with Gasteiger partial charge < -0.3 is 4.57 Å². The van der Waals surface area contributed by atoms with Crippen molar-refractivity contribution in [2.45, 2.75) is 38.6 Å². The van der Waals surface area contributed by atoms with Crippen molar-refractivity contribution in [2.24, 2.45) is 5.92 Å². The second kappa shape index (κ2) is 4.27. The maximum Gasteiger partial charge on any atom is 0.0680 e. The molecule has 1 fully saturated rings. The van der Waals surface area contributed by atoms with Crippen LogP contribution >= 0.6 is 0 Å². The zero-order chi connectivity index (χ0) is 12.7. The van der Waals surface area contributed by atoms with Gasteiger partial charge in [0.15, 0.2) is 0 Å². The number of hydrogen-bond acceptors (Lipinski definition) is 1. The van der Waals surface area contributed by atoms with E-state index >= 15 is 0 Å². The summed E-state index contributed by atoms with van der Waals surface area (Å²) in [7, 11) is 0. The molecule has 1 aliphatic carbocycles. The lowest BCUT2D eigenvalue weighted by molar-refractivity contribution is 0.291. The summed E-state index contributed by atoms with van der Waals surface area (Å²) in [6, 6.07) is 2.63. The van der Waals surface area contributed by atoms with Crippen LogP contribution in [0.15, 0.2) is 18.5 Å². The molecule has 94 valence electrons. The Labute approximate surface area is 108 Å². The van der Waals surface area contributed by atoms with E-state index < -0.39 is 0 Å². The standard InChI is InChI=1S/C16H20N2/c1-11-4-6-14(7-5-11)18-13(3)12(2)15-8-9-17-10-16(15)18/h8-11,14H,2-7H2,1H3. The molecule has 0 aromatic carbocycles. The normalized spacial score (nSPS) is 24.5. The smallest absolute Gasteiger partial charge is 0.0680 e. The second-order valence-electron chi connectivity index (χ2n) is 5.60. The molecule has 1 aliphatic rings. The minimum Gasteiger partial charge on any atom is -0.337 e. The highest BCUT2D eigenvalue weighted by Gasteiger charge is 2.21. The van der Waals surface area contributed by atoms with Crippen LogP contribution in [-0.2, 0) is 0 Å². The van der Waals surface area contributed by atoms with Crippen molar-refractivity contribution in [1.82, 2.24) is 9.55 Å². The molecule has 3 rings (SSSR count). The first-order valence-electron chi connectivity index (χ1n) is 6.80. The third kappa shape index (κ3) is 1.67. The summed E-state index contributed by atoms with van der Waals surface area (Å²) in [5, 5.41) is 3.33. The monoisotopic (exact) mass is 240 g/mol. The summed E-state index contributed by atoms with van der Waals surface area (Å²) in [6.45, 7) is 10.7. The minimum absolute atomic E-state index is 0.580. The van der Waals surface area contributed by atoms with Crippen molar-refractivity contribution in [3.8, 4) is 0 Å². The number of pyridine rings is 1. The van der Waals surface area contributed by atoms with Gasteiger partial charge in [0.05, 0.1) is 11.7 Å². The highest BCUT2D eigenvalue weighted by atomic mass is 15.0. The molecule has 2 aromatic rings. The van der Waals surface area contributed by atoms with Gasteiger partial charge in [0, 0.05) is 23.0 Å². The first kappa shape index (κ1) is 11.5. The molecule has 0 atom stereocenters. The third-order valence-electron chi connectivity index (χ3n) is 4.37. The van der Waals surface area contributed by atoms with Crippen LogP contribution in [0, 0.1) is 5.92 Å². The highest BCUT2D eigenvalue weighted by Crippen LogP contribution is 2.32. The molecular formula is C16H20N2. The summed E-state index contributed by atoms with van der Waals surface area (Å²) in [6.07, 6.45) is 8.93. The molecule has 0 bridgehead atoms. The van der Waals surface area contributed by atoms with Crippen LogP contribution in [0.1, 0.15) is 38.6 Å². The highest BCUT2D eigenvalue weighted by molar-refractivity contribution is 5.80. The fourth-order valence-corrected chi connectivity index (χ4v) is 3.20. The van der Waals surface area contributed by atoms with E-state index in [0.29, 0.717) is 6.04 Å². The molecule has 1 saturated carbocycles.